The molecule has 1 saturated carbocycles. The van der Waals surface area contributed by atoms with Gasteiger partial charge in [-0.3, -0.25) is 4.79 Å². The van der Waals surface area contributed by atoms with Crippen LogP contribution >= 0.6 is 0 Å². The number of rotatable bonds is 2. The number of carbonyl (C=O) groups is 1. The van der Waals surface area contributed by atoms with Crippen LogP contribution in [-0.4, -0.2) is 11.1 Å². The summed E-state index contributed by atoms with van der Waals surface area (Å²) < 4.78 is 5.23. The van der Waals surface area contributed by atoms with Crippen molar-refractivity contribution in [1.82, 2.24) is 0 Å². The van der Waals surface area contributed by atoms with Gasteiger partial charge in [0.05, 0.1) is 12.2 Å². The predicted octanol–water partition coefficient (Wildman–Crippen LogP) is 2.62. The van der Waals surface area contributed by atoms with Gasteiger partial charge in [-0.2, -0.15) is 0 Å². The third kappa shape index (κ3) is 1.31. The number of hydrogen-bond donors (Lipinski definition) is 1. The molecule has 1 N–H and O–H groups in total. The summed E-state index contributed by atoms with van der Waals surface area (Å²) in [5, 5.41) is 9.88. The Morgan fingerprint density at radius 1 is 1.40 bits per heavy atom. The number of hydrogen-bond acceptors (Lipinski definition) is 2. The van der Waals surface area contributed by atoms with Gasteiger partial charge in [0.25, 0.3) is 0 Å². The number of aliphatic carboxylic acids is 1. The highest BCUT2D eigenvalue weighted by atomic mass is 16.4. The standard InChI is InChI=1S/C12H10O3/c13-12(14)10-6-9(10)7-1-2-11-8(5-7)3-4-15-11/h1-5,9-10H,6H2,(H,13,14). The van der Waals surface area contributed by atoms with Crippen LogP contribution in [0.1, 0.15) is 17.9 Å². The van der Waals surface area contributed by atoms with Crippen LogP contribution in [-0.2, 0) is 4.79 Å². The van der Waals surface area contributed by atoms with Gasteiger partial charge in [0, 0.05) is 5.39 Å². The third-order valence-electron chi connectivity index (χ3n) is 3.01. The van der Waals surface area contributed by atoms with E-state index in [0.717, 1.165) is 23.0 Å². The minimum atomic E-state index is -0.688. The molecule has 1 aromatic carbocycles. The van der Waals surface area contributed by atoms with Crippen molar-refractivity contribution in [2.24, 2.45) is 5.92 Å². The highest BCUT2D eigenvalue weighted by Gasteiger charge is 2.44. The molecule has 2 aromatic rings. The zero-order valence-corrected chi connectivity index (χ0v) is 8.01. The molecular formula is C12H10O3. The van der Waals surface area contributed by atoms with E-state index in [1.807, 2.05) is 24.3 Å². The van der Waals surface area contributed by atoms with Crippen LogP contribution in [0.4, 0.5) is 0 Å². The topological polar surface area (TPSA) is 50.4 Å². The van der Waals surface area contributed by atoms with Crippen LogP contribution in [0.25, 0.3) is 11.0 Å². The molecule has 0 radical (unpaired) electrons. The molecule has 0 amide bonds. The van der Waals surface area contributed by atoms with Crippen molar-refractivity contribution in [2.75, 3.05) is 0 Å². The van der Waals surface area contributed by atoms with Crippen molar-refractivity contribution < 1.29 is 14.3 Å². The lowest BCUT2D eigenvalue weighted by molar-refractivity contribution is -0.138. The minimum Gasteiger partial charge on any atom is -0.481 e. The summed E-state index contributed by atoms with van der Waals surface area (Å²) in [5.74, 6) is -0.677. The van der Waals surface area contributed by atoms with E-state index in [2.05, 4.69) is 0 Å². The van der Waals surface area contributed by atoms with Gasteiger partial charge >= 0.3 is 5.97 Å². The van der Waals surface area contributed by atoms with E-state index in [4.69, 9.17) is 9.52 Å². The van der Waals surface area contributed by atoms with E-state index in [0.29, 0.717) is 0 Å². The van der Waals surface area contributed by atoms with Gasteiger partial charge in [-0.15, -0.1) is 0 Å². The van der Waals surface area contributed by atoms with Crippen molar-refractivity contribution >= 4 is 16.9 Å². The van der Waals surface area contributed by atoms with Gasteiger partial charge < -0.3 is 9.52 Å². The first-order chi connectivity index (χ1) is 7.25. The van der Waals surface area contributed by atoms with Crippen LogP contribution < -0.4 is 0 Å². The van der Waals surface area contributed by atoms with Gasteiger partial charge in [0.2, 0.25) is 0 Å². The van der Waals surface area contributed by atoms with E-state index >= 15 is 0 Å². The van der Waals surface area contributed by atoms with Crippen molar-refractivity contribution in [1.29, 1.82) is 0 Å². The lowest BCUT2D eigenvalue weighted by Gasteiger charge is -1.97. The minimum absolute atomic E-state index is 0.186. The van der Waals surface area contributed by atoms with Crippen molar-refractivity contribution in [2.45, 2.75) is 12.3 Å². The molecule has 3 rings (SSSR count). The maximum Gasteiger partial charge on any atom is 0.307 e. The van der Waals surface area contributed by atoms with Crippen LogP contribution in [0.2, 0.25) is 0 Å². The van der Waals surface area contributed by atoms with Crippen LogP contribution in [0.5, 0.6) is 0 Å². The molecule has 0 saturated heterocycles. The maximum atomic E-state index is 10.7. The Morgan fingerprint density at radius 3 is 3.00 bits per heavy atom. The Morgan fingerprint density at radius 2 is 2.27 bits per heavy atom. The van der Waals surface area contributed by atoms with E-state index in [1.54, 1.807) is 6.26 Å². The summed E-state index contributed by atoms with van der Waals surface area (Å²) in [4.78, 5) is 10.7. The second kappa shape index (κ2) is 2.86. The Hall–Kier alpha value is -1.77. The number of carboxylic acids is 1. The lowest BCUT2D eigenvalue weighted by atomic mass is 10.1. The van der Waals surface area contributed by atoms with E-state index in [1.165, 1.54) is 0 Å². The first-order valence-electron chi connectivity index (χ1n) is 4.95. The summed E-state index contributed by atoms with van der Waals surface area (Å²) in [6.07, 6.45) is 2.41. The summed E-state index contributed by atoms with van der Waals surface area (Å²) in [6.45, 7) is 0. The Kier molecular flexibility index (Phi) is 1.63. The molecule has 0 bridgehead atoms. The van der Waals surface area contributed by atoms with E-state index in [9.17, 15) is 4.79 Å². The molecular weight excluding hydrogens is 192 g/mol. The van der Waals surface area contributed by atoms with E-state index in [-0.39, 0.29) is 11.8 Å². The molecule has 3 nitrogen and oxygen atoms in total. The lowest BCUT2D eigenvalue weighted by Crippen LogP contribution is -1.98. The molecule has 2 unspecified atom stereocenters. The molecule has 1 heterocycles. The summed E-state index contributed by atoms with van der Waals surface area (Å²) in [7, 11) is 0. The normalized spacial score (nSPS) is 24.3. The average Bonchev–Trinajstić information content (AvgIpc) is 2.89. The van der Waals surface area contributed by atoms with Crippen molar-refractivity contribution in [3.05, 3.63) is 36.1 Å². The smallest absolute Gasteiger partial charge is 0.307 e. The molecule has 2 atom stereocenters. The van der Waals surface area contributed by atoms with Gasteiger partial charge in [-0.1, -0.05) is 6.07 Å². The Labute approximate surface area is 86.3 Å². The van der Waals surface area contributed by atoms with Crippen LogP contribution in [0.3, 0.4) is 0 Å². The fourth-order valence-electron chi connectivity index (χ4n) is 2.05. The number of fused-ring (bicyclic) bond motifs is 1. The summed E-state index contributed by atoms with van der Waals surface area (Å²) in [6, 6.07) is 7.78. The molecule has 1 aliphatic rings. The molecule has 1 fully saturated rings. The fraction of sp³-hybridized carbons (Fsp3) is 0.250. The summed E-state index contributed by atoms with van der Waals surface area (Å²) >= 11 is 0. The summed E-state index contributed by atoms with van der Waals surface area (Å²) in [5.41, 5.74) is 1.96. The SMILES string of the molecule is O=C(O)C1CC1c1ccc2occc2c1. The maximum absolute atomic E-state index is 10.7. The van der Waals surface area contributed by atoms with Crippen LogP contribution in [0.15, 0.2) is 34.9 Å². The zero-order chi connectivity index (χ0) is 10.4. The molecule has 0 aliphatic heterocycles. The first kappa shape index (κ1) is 8.53. The zero-order valence-electron chi connectivity index (χ0n) is 8.01. The molecule has 0 spiro atoms. The predicted molar refractivity (Wildman–Crippen MR) is 54.7 cm³/mol. The first-order valence-corrected chi connectivity index (χ1v) is 4.95. The molecule has 3 heteroatoms. The fourth-order valence-corrected chi connectivity index (χ4v) is 2.05. The quantitative estimate of drug-likeness (QED) is 0.814. The van der Waals surface area contributed by atoms with E-state index < -0.39 is 5.97 Å². The second-order valence-corrected chi connectivity index (χ2v) is 4.00. The van der Waals surface area contributed by atoms with Gasteiger partial charge in [-0.05, 0) is 36.1 Å². The van der Waals surface area contributed by atoms with Gasteiger partial charge in [0.1, 0.15) is 5.58 Å². The van der Waals surface area contributed by atoms with Gasteiger partial charge in [-0.25, -0.2) is 0 Å². The number of carboxylic acid groups (broad SMARTS) is 1. The third-order valence-corrected chi connectivity index (χ3v) is 3.01. The Bertz CT molecular complexity index is 526. The van der Waals surface area contributed by atoms with Crippen molar-refractivity contribution in [3.8, 4) is 0 Å². The number of furan rings is 1. The monoisotopic (exact) mass is 202 g/mol. The second-order valence-electron chi connectivity index (χ2n) is 4.00. The molecule has 1 aromatic heterocycles. The molecule has 76 valence electrons. The molecule has 1 aliphatic carbocycles. The highest BCUT2D eigenvalue weighted by molar-refractivity contribution is 5.80. The Balaban J connectivity index is 1.96. The number of benzene rings is 1. The molecule has 15 heavy (non-hydrogen) atoms. The average molecular weight is 202 g/mol. The van der Waals surface area contributed by atoms with Crippen molar-refractivity contribution in [3.63, 3.8) is 0 Å². The highest BCUT2D eigenvalue weighted by Crippen LogP contribution is 2.48. The largest absolute Gasteiger partial charge is 0.481 e. The van der Waals surface area contributed by atoms with Crippen LogP contribution in [0, 0.1) is 5.92 Å². The van der Waals surface area contributed by atoms with Gasteiger partial charge in [0.15, 0.2) is 0 Å².